The largest absolute Gasteiger partial charge is 0.399 e. The minimum Gasteiger partial charge on any atom is -0.399 e. The van der Waals surface area contributed by atoms with Crippen LogP contribution in [-0.2, 0) is 4.74 Å². The van der Waals surface area contributed by atoms with Gasteiger partial charge in [0.15, 0.2) is 0 Å². The highest BCUT2D eigenvalue weighted by Crippen LogP contribution is 2.17. The molecule has 0 aliphatic heterocycles. The number of carbonyl (C=O) groups excluding carboxylic acids is 1. The number of hydrogen-bond donors (Lipinski definition) is 2. The van der Waals surface area contributed by atoms with Crippen molar-refractivity contribution in [2.24, 2.45) is 0 Å². The van der Waals surface area contributed by atoms with Crippen LogP contribution in [0, 0.1) is 0 Å². The number of nitrogen functional groups attached to an aromatic ring is 1. The number of anilines is 1. The minimum atomic E-state index is -0.373. The Bertz CT molecular complexity index is 413. The van der Waals surface area contributed by atoms with Gasteiger partial charge in [0.2, 0.25) is 0 Å². The van der Waals surface area contributed by atoms with Gasteiger partial charge in [0.05, 0.1) is 5.60 Å². The van der Waals surface area contributed by atoms with Gasteiger partial charge in [0.25, 0.3) is 5.91 Å². The molecule has 0 bridgehead atoms. The number of carbonyl (C=O) groups is 1. The van der Waals surface area contributed by atoms with Gasteiger partial charge in [-0.3, -0.25) is 4.79 Å². The van der Waals surface area contributed by atoms with Gasteiger partial charge in [0, 0.05) is 28.9 Å². The van der Waals surface area contributed by atoms with Crippen LogP contribution in [0.5, 0.6) is 0 Å². The molecule has 0 heterocycles. The molecule has 0 fully saturated rings. The number of halogens is 1. The molecule has 1 rings (SSSR count). The topological polar surface area (TPSA) is 64.3 Å². The van der Waals surface area contributed by atoms with Crippen LogP contribution in [0.3, 0.4) is 0 Å². The number of ether oxygens (including phenoxy) is 1. The lowest BCUT2D eigenvalue weighted by Crippen LogP contribution is -2.40. The van der Waals surface area contributed by atoms with Crippen molar-refractivity contribution < 1.29 is 9.53 Å². The van der Waals surface area contributed by atoms with Crippen molar-refractivity contribution in [3.8, 4) is 0 Å². The summed E-state index contributed by atoms with van der Waals surface area (Å²) in [5, 5.41) is 2.84. The Morgan fingerprint density at radius 1 is 1.44 bits per heavy atom. The second-order valence-corrected chi connectivity index (χ2v) is 5.56. The first kappa shape index (κ1) is 15.0. The lowest BCUT2D eigenvalue weighted by atomic mass is 10.1. The average Bonchev–Trinajstić information content (AvgIpc) is 2.24. The molecule has 0 saturated carbocycles. The molecule has 1 aromatic rings. The quantitative estimate of drug-likeness (QED) is 0.821. The Kier molecular flexibility index (Phi) is 5.16. The number of amides is 1. The number of nitrogens with two attached hydrogens (primary N) is 1. The van der Waals surface area contributed by atoms with Crippen LogP contribution in [0.15, 0.2) is 22.7 Å². The zero-order valence-electron chi connectivity index (χ0n) is 10.9. The fourth-order valence-electron chi connectivity index (χ4n) is 1.58. The van der Waals surface area contributed by atoms with Gasteiger partial charge >= 0.3 is 0 Å². The maximum absolute atomic E-state index is 12.0. The summed E-state index contributed by atoms with van der Waals surface area (Å²) in [6.07, 6.45) is 0. The van der Waals surface area contributed by atoms with Crippen molar-refractivity contribution in [1.82, 2.24) is 5.32 Å². The molecule has 0 saturated heterocycles. The zero-order valence-corrected chi connectivity index (χ0v) is 12.5. The summed E-state index contributed by atoms with van der Waals surface area (Å²) in [7, 11) is 0. The molecular formula is C13H19BrN2O2. The van der Waals surface area contributed by atoms with Gasteiger partial charge in [-0.2, -0.15) is 0 Å². The second kappa shape index (κ2) is 6.20. The summed E-state index contributed by atoms with van der Waals surface area (Å²) < 4.78 is 6.30. The Labute approximate surface area is 116 Å². The van der Waals surface area contributed by atoms with E-state index in [9.17, 15) is 4.79 Å². The third kappa shape index (κ3) is 4.66. The predicted molar refractivity (Wildman–Crippen MR) is 76.6 cm³/mol. The van der Waals surface area contributed by atoms with Crippen LogP contribution < -0.4 is 11.1 Å². The Morgan fingerprint density at radius 3 is 2.67 bits per heavy atom. The van der Waals surface area contributed by atoms with Gasteiger partial charge in [-0.05, 0) is 39.0 Å². The van der Waals surface area contributed by atoms with E-state index >= 15 is 0 Å². The summed E-state index contributed by atoms with van der Waals surface area (Å²) in [4.78, 5) is 12.0. The maximum Gasteiger partial charge on any atom is 0.251 e. The first-order chi connectivity index (χ1) is 8.34. The van der Waals surface area contributed by atoms with Crippen LogP contribution in [-0.4, -0.2) is 24.7 Å². The lowest BCUT2D eigenvalue weighted by Gasteiger charge is -2.24. The van der Waals surface area contributed by atoms with Gasteiger partial charge < -0.3 is 15.8 Å². The summed E-state index contributed by atoms with van der Waals surface area (Å²) in [5.41, 5.74) is 6.41. The van der Waals surface area contributed by atoms with Crippen molar-refractivity contribution in [1.29, 1.82) is 0 Å². The first-order valence-electron chi connectivity index (χ1n) is 5.82. The van der Waals surface area contributed by atoms with Gasteiger partial charge in [-0.15, -0.1) is 0 Å². The molecule has 0 aromatic heterocycles. The standard InChI is InChI=1S/C13H19BrN2O2/c1-4-18-13(2,3)8-16-12(17)9-5-10(14)7-11(15)6-9/h5-7H,4,8,15H2,1-3H3,(H,16,17). The van der Waals surface area contributed by atoms with Crippen molar-refractivity contribution in [3.05, 3.63) is 28.2 Å². The van der Waals surface area contributed by atoms with Crippen molar-refractivity contribution in [3.63, 3.8) is 0 Å². The molecule has 18 heavy (non-hydrogen) atoms. The van der Waals surface area contributed by atoms with Crippen molar-refractivity contribution in [2.45, 2.75) is 26.4 Å². The molecule has 0 aliphatic carbocycles. The smallest absolute Gasteiger partial charge is 0.251 e. The monoisotopic (exact) mass is 314 g/mol. The third-order valence-corrected chi connectivity index (χ3v) is 2.85. The molecule has 1 aromatic carbocycles. The molecule has 5 heteroatoms. The van der Waals surface area contributed by atoms with E-state index in [2.05, 4.69) is 21.2 Å². The highest BCUT2D eigenvalue weighted by Gasteiger charge is 2.19. The normalized spacial score (nSPS) is 11.3. The summed E-state index contributed by atoms with van der Waals surface area (Å²) in [6.45, 7) is 6.87. The highest BCUT2D eigenvalue weighted by molar-refractivity contribution is 9.10. The molecule has 0 radical (unpaired) electrons. The van der Waals surface area contributed by atoms with E-state index in [1.807, 2.05) is 20.8 Å². The fraction of sp³-hybridized carbons (Fsp3) is 0.462. The van der Waals surface area contributed by atoms with Gasteiger partial charge in [-0.25, -0.2) is 0 Å². The molecule has 1 amide bonds. The number of rotatable bonds is 5. The number of benzene rings is 1. The molecular weight excluding hydrogens is 296 g/mol. The molecule has 0 unspecified atom stereocenters. The van der Waals surface area contributed by atoms with Gasteiger partial charge in [-0.1, -0.05) is 15.9 Å². The van der Waals surface area contributed by atoms with E-state index in [4.69, 9.17) is 10.5 Å². The minimum absolute atomic E-state index is 0.157. The van der Waals surface area contributed by atoms with E-state index in [0.29, 0.717) is 24.4 Å². The predicted octanol–water partition coefficient (Wildman–Crippen LogP) is 2.58. The van der Waals surface area contributed by atoms with Crippen LogP contribution in [0.25, 0.3) is 0 Å². The van der Waals surface area contributed by atoms with E-state index < -0.39 is 0 Å². The molecule has 3 N–H and O–H groups in total. The Hall–Kier alpha value is -1.07. The van der Waals surface area contributed by atoms with E-state index in [-0.39, 0.29) is 11.5 Å². The van der Waals surface area contributed by atoms with Gasteiger partial charge in [0.1, 0.15) is 0 Å². The van der Waals surface area contributed by atoms with E-state index in [1.54, 1.807) is 18.2 Å². The highest BCUT2D eigenvalue weighted by atomic mass is 79.9. The molecule has 0 spiro atoms. The van der Waals surface area contributed by atoms with Crippen LogP contribution in [0.2, 0.25) is 0 Å². The number of nitrogens with one attached hydrogen (secondary N) is 1. The molecule has 100 valence electrons. The number of hydrogen-bond acceptors (Lipinski definition) is 3. The zero-order chi connectivity index (χ0) is 13.8. The Morgan fingerprint density at radius 2 is 2.11 bits per heavy atom. The second-order valence-electron chi connectivity index (χ2n) is 4.65. The molecule has 0 aliphatic rings. The van der Waals surface area contributed by atoms with Crippen molar-refractivity contribution in [2.75, 3.05) is 18.9 Å². The summed E-state index contributed by atoms with van der Waals surface area (Å²) in [6, 6.07) is 5.13. The van der Waals surface area contributed by atoms with E-state index in [0.717, 1.165) is 4.47 Å². The van der Waals surface area contributed by atoms with E-state index in [1.165, 1.54) is 0 Å². The maximum atomic E-state index is 12.0. The molecule has 0 atom stereocenters. The summed E-state index contributed by atoms with van der Waals surface area (Å²) in [5.74, 6) is -0.157. The van der Waals surface area contributed by atoms with Crippen LogP contribution >= 0.6 is 15.9 Å². The first-order valence-corrected chi connectivity index (χ1v) is 6.61. The fourth-order valence-corrected chi connectivity index (χ4v) is 2.09. The SMILES string of the molecule is CCOC(C)(C)CNC(=O)c1cc(N)cc(Br)c1. The van der Waals surface area contributed by atoms with Crippen LogP contribution in [0.1, 0.15) is 31.1 Å². The third-order valence-electron chi connectivity index (χ3n) is 2.39. The summed E-state index contributed by atoms with van der Waals surface area (Å²) >= 11 is 3.31. The average molecular weight is 315 g/mol. The lowest BCUT2D eigenvalue weighted by molar-refractivity contribution is -0.00815. The Balaban J connectivity index is 2.66. The molecule has 4 nitrogen and oxygen atoms in total. The van der Waals surface area contributed by atoms with Crippen LogP contribution in [0.4, 0.5) is 5.69 Å². The van der Waals surface area contributed by atoms with Crippen molar-refractivity contribution >= 4 is 27.5 Å².